The standard InChI is InChI=1S/C10H8O5S/c1-14-6-4-8-7(15-10(13)16-8)2-5(6)3-9(11)12/h2,4H,3H2,1H3,(H,11,12). The Morgan fingerprint density at radius 1 is 1.56 bits per heavy atom. The Kier molecular flexibility index (Phi) is 2.66. The number of rotatable bonds is 3. The number of benzene rings is 1. The van der Waals surface area contributed by atoms with Crippen LogP contribution in [0.15, 0.2) is 21.3 Å². The van der Waals surface area contributed by atoms with Gasteiger partial charge in [0, 0.05) is 11.6 Å². The second-order valence-corrected chi connectivity index (χ2v) is 4.11. The Bertz CT molecular complexity index is 595. The maximum Gasteiger partial charge on any atom is 0.396 e. The van der Waals surface area contributed by atoms with E-state index in [1.54, 1.807) is 6.07 Å². The zero-order chi connectivity index (χ0) is 11.7. The fourth-order valence-corrected chi connectivity index (χ4v) is 2.11. The van der Waals surface area contributed by atoms with Crippen LogP contribution in [-0.4, -0.2) is 18.2 Å². The first-order valence-corrected chi connectivity index (χ1v) is 5.24. The molecule has 16 heavy (non-hydrogen) atoms. The van der Waals surface area contributed by atoms with Crippen molar-refractivity contribution in [2.45, 2.75) is 6.42 Å². The number of hydrogen-bond donors (Lipinski definition) is 1. The highest BCUT2D eigenvalue weighted by molar-refractivity contribution is 7.16. The minimum atomic E-state index is -0.963. The summed E-state index contributed by atoms with van der Waals surface area (Å²) in [6.07, 6.45) is -0.168. The zero-order valence-electron chi connectivity index (χ0n) is 8.35. The molecule has 0 radical (unpaired) electrons. The molecule has 0 saturated heterocycles. The van der Waals surface area contributed by atoms with Gasteiger partial charge in [-0.1, -0.05) is 11.3 Å². The van der Waals surface area contributed by atoms with Crippen molar-refractivity contribution in [2.75, 3.05) is 7.11 Å². The molecule has 0 aliphatic carbocycles. The van der Waals surface area contributed by atoms with Crippen molar-refractivity contribution >= 4 is 27.6 Å². The number of aliphatic carboxylic acids is 1. The molecule has 0 bridgehead atoms. The van der Waals surface area contributed by atoms with Crippen molar-refractivity contribution in [3.8, 4) is 5.75 Å². The van der Waals surface area contributed by atoms with E-state index in [2.05, 4.69) is 0 Å². The van der Waals surface area contributed by atoms with Crippen LogP contribution in [0.25, 0.3) is 10.3 Å². The van der Waals surface area contributed by atoms with E-state index < -0.39 is 10.9 Å². The molecular formula is C10H8O5S. The van der Waals surface area contributed by atoms with Gasteiger partial charge in [0.15, 0.2) is 0 Å². The minimum absolute atomic E-state index is 0.168. The van der Waals surface area contributed by atoms with Crippen LogP contribution in [0.1, 0.15) is 5.56 Å². The predicted molar refractivity (Wildman–Crippen MR) is 58.3 cm³/mol. The molecule has 6 heteroatoms. The summed E-state index contributed by atoms with van der Waals surface area (Å²) in [5, 5.41) is 8.72. The van der Waals surface area contributed by atoms with E-state index in [1.165, 1.54) is 13.2 Å². The van der Waals surface area contributed by atoms with Crippen LogP contribution in [0.5, 0.6) is 5.75 Å². The molecule has 2 rings (SSSR count). The maximum absolute atomic E-state index is 11.0. The van der Waals surface area contributed by atoms with Gasteiger partial charge >= 0.3 is 10.9 Å². The van der Waals surface area contributed by atoms with E-state index in [9.17, 15) is 9.59 Å². The van der Waals surface area contributed by atoms with Crippen molar-refractivity contribution in [1.82, 2.24) is 0 Å². The first-order valence-electron chi connectivity index (χ1n) is 4.42. The van der Waals surface area contributed by atoms with Gasteiger partial charge in [0.05, 0.1) is 18.2 Å². The van der Waals surface area contributed by atoms with Crippen LogP contribution < -0.4 is 9.68 Å². The lowest BCUT2D eigenvalue weighted by molar-refractivity contribution is -0.136. The van der Waals surface area contributed by atoms with Gasteiger partial charge in [0.25, 0.3) is 0 Å². The summed E-state index contributed by atoms with van der Waals surface area (Å²) in [5.74, 6) is -0.512. The lowest BCUT2D eigenvalue weighted by atomic mass is 10.1. The van der Waals surface area contributed by atoms with Crippen molar-refractivity contribution in [3.63, 3.8) is 0 Å². The summed E-state index contributed by atoms with van der Waals surface area (Å²) in [6.45, 7) is 0. The maximum atomic E-state index is 11.0. The van der Waals surface area contributed by atoms with E-state index in [-0.39, 0.29) is 6.42 Å². The molecule has 2 aromatic rings. The van der Waals surface area contributed by atoms with Crippen LogP contribution in [0.2, 0.25) is 0 Å². The van der Waals surface area contributed by atoms with Gasteiger partial charge in [-0.05, 0) is 6.07 Å². The lowest BCUT2D eigenvalue weighted by Crippen LogP contribution is -2.02. The van der Waals surface area contributed by atoms with Crippen LogP contribution in [0.4, 0.5) is 0 Å². The van der Waals surface area contributed by atoms with E-state index in [1.807, 2.05) is 0 Å². The smallest absolute Gasteiger partial charge is 0.396 e. The van der Waals surface area contributed by atoms with Gasteiger partial charge < -0.3 is 14.3 Å². The highest BCUT2D eigenvalue weighted by Gasteiger charge is 2.12. The first kappa shape index (κ1) is 10.7. The molecule has 0 aliphatic rings. The topological polar surface area (TPSA) is 76.7 Å². The van der Waals surface area contributed by atoms with Gasteiger partial charge in [0.1, 0.15) is 11.3 Å². The van der Waals surface area contributed by atoms with Crippen molar-refractivity contribution in [3.05, 3.63) is 27.4 Å². The normalized spacial score (nSPS) is 10.6. The summed E-state index contributed by atoms with van der Waals surface area (Å²) in [7, 11) is 1.45. The van der Waals surface area contributed by atoms with Crippen LogP contribution in [-0.2, 0) is 11.2 Å². The molecule has 1 heterocycles. The summed E-state index contributed by atoms with van der Waals surface area (Å²) in [5.41, 5.74) is 0.885. The van der Waals surface area contributed by atoms with Crippen molar-refractivity contribution in [2.24, 2.45) is 0 Å². The Balaban J connectivity index is 2.61. The predicted octanol–water partition coefficient (Wildman–Crippen LogP) is 1.49. The zero-order valence-corrected chi connectivity index (χ0v) is 9.17. The van der Waals surface area contributed by atoms with Crippen LogP contribution in [0.3, 0.4) is 0 Å². The molecule has 84 valence electrons. The molecule has 1 aromatic carbocycles. The molecule has 5 nitrogen and oxygen atoms in total. The third-order valence-electron chi connectivity index (χ3n) is 2.08. The van der Waals surface area contributed by atoms with Crippen LogP contribution in [0, 0.1) is 0 Å². The fourth-order valence-electron chi connectivity index (χ4n) is 1.43. The number of carboxylic acid groups (broad SMARTS) is 1. The number of fused-ring (bicyclic) bond motifs is 1. The number of carboxylic acids is 1. The second kappa shape index (κ2) is 3.97. The van der Waals surface area contributed by atoms with E-state index in [0.717, 1.165) is 11.3 Å². The molecule has 0 amide bonds. The lowest BCUT2D eigenvalue weighted by Gasteiger charge is -2.05. The average molecular weight is 240 g/mol. The van der Waals surface area contributed by atoms with E-state index >= 15 is 0 Å². The van der Waals surface area contributed by atoms with Gasteiger partial charge in [-0.3, -0.25) is 4.79 Å². The molecule has 1 aromatic heterocycles. The average Bonchev–Trinajstić information content (AvgIpc) is 2.55. The summed E-state index contributed by atoms with van der Waals surface area (Å²) in [6, 6.07) is 3.14. The Morgan fingerprint density at radius 3 is 2.94 bits per heavy atom. The monoisotopic (exact) mass is 240 g/mol. The first-order chi connectivity index (χ1) is 7.60. The quantitative estimate of drug-likeness (QED) is 0.879. The van der Waals surface area contributed by atoms with Gasteiger partial charge in [-0.15, -0.1) is 0 Å². The molecule has 0 atom stereocenters. The molecule has 0 aliphatic heterocycles. The van der Waals surface area contributed by atoms with Crippen LogP contribution >= 0.6 is 11.3 Å². The van der Waals surface area contributed by atoms with E-state index in [0.29, 0.717) is 21.6 Å². The Morgan fingerprint density at radius 2 is 2.31 bits per heavy atom. The summed E-state index contributed by atoms with van der Waals surface area (Å²) in [4.78, 5) is 21.2. The van der Waals surface area contributed by atoms with Crippen molar-refractivity contribution in [1.29, 1.82) is 0 Å². The highest BCUT2D eigenvalue weighted by Crippen LogP contribution is 2.27. The number of ether oxygens (including phenoxy) is 1. The Hall–Kier alpha value is -1.82. The number of carbonyl (C=O) groups is 1. The van der Waals surface area contributed by atoms with E-state index in [4.69, 9.17) is 14.3 Å². The second-order valence-electron chi connectivity index (χ2n) is 3.14. The number of hydrogen-bond acceptors (Lipinski definition) is 5. The molecule has 0 fully saturated rings. The third kappa shape index (κ3) is 1.92. The van der Waals surface area contributed by atoms with Gasteiger partial charge in [0.2, 0.25) is 0 Å². The largest absolute Gasteiger partial charge is 0.496 e. The minimum Gasteiger partial charge on any atom is -0.496 e. The van der Waals surface area contributed by atoms with Crippen molar-refractivity contribution < 1.29 is 19.1 Å². The van der Waals surface area contributed by atoms with Gasteiger partial charge in [-0.2, -0.15) is 0 Å². The molecular weight excluding hydrogens is 232 g/mol. The highest BCUT2D eigenvalue weighted by atomic mass is 32.1. The molecule has 0 spiro atoms. The Labute approximate surface area is 93.9 Å². The number of methoxy groups -OCH3 is 1. The summed E-state index contributed by atoms with van der Waals surface area (Å²) < 4.78 is 10.6. The van der Waals surface area contributed by atoms with Gasteiger partial charge in [-0.25, -0.2) is 4.79 Å². The molecule has 0 saturated carbocycles. The molecule has 1 N–H and O–H groups in total. The fraction of sp³-hybridized carbons (Fsp3) is 0.200. The molecule has 0 unspecified atom stereocenters. The third-order valence-corrected chi connectivity index (χ3v) is 2.86. The SMILES string of the molecule is COc1cc2sc(=O)oc2cc1CC(=O)O. The summed E-state index contributed by atoms with van der Waals surface area (Å²) >= 11 is 0.960.